The predicted octanol–water partition coefficient (Wildman–Crippen LogP) is 3.33. The maximum absolute atomic E-state index is 13.2. The fourth-order valence-corrected chi connectivity index (χ4v) is 2.38. The van der Waals surface area contributed by atoms with Crippen LogP contribution in [-0.2, 0) is 4.79 Å². The third-order valence-electron chi connectivity index (χ3n) is 3.64. The predicted molar refractivity (Wildman–Crippen MR) is 87.7 cm³/mol. The van der Waals surface area contributed by atoms with Crippen molar-refractivity contribution in [2.24, 2.45) is 0 Å². The summed E-state index contributed by atoms with van der Waals surface area (Å²) in [5.74, 6) is -2.06. The Balaban J connectivity index is 1.81. The Bertz CT molecular complexity index is 958. The van der Waals surface area contributed by atoms with Gasteiger partial charge in [0.05, 0.1) is 5.56 Å². The van der Waals surface area contributed by atoms with Gasteiger partial charge in [-0.05, 0) is 49.4 Å². The van der Waals surface area contributed by atoms with Crippen molar-refractivity contribution in [3.63, 3.8) is 0 Å². The lowest BCUT2D eigenvalue weighted by molar-refractivity contribution is -0.112. The van der Waals surface area contributed by atoms with Crippen molar-refractivity contribution in [3.8, 4) is 0 Å². The molecule has 1 aromatic heterocycles. The molecule has 3 rings (SSSR count). The van der Waals surface area contributed by atoms with E-state index in [4.69, 9.17) is 0 Å². The molecule has 1 amide bonds. The smallest absolute Gasteiger partial charge is 0.296 e. The summed E-state index contributed by atoms with van der Waals surface area (Å²) in [5, 5.41) is 2.96. The second kappa shape index (κ2) is 6.08. The zero-order valence-corrected chi connectivity index (χ0v) is 12.7. The van der Waals surface area contributed by atoms with Crippen LogP contribution in [0.3, 0.4) is 0 Å². The van der Waals surface area contributed by atoms with Crippen LogP contribution in [0.2, 0.25) is 0 Å². The quantitative estimate of drug-likeness (QED) is 0.571. The molecular weight excluding hydrogens is 311 g/mol. The van der Waals surface area contributed by atoms with E-state index in [9.17, 15) is 18.8 Å². The first kappa shape index (κ1) is 15.6. The van der Waals surface area contributed by atoms with Gasteiger partial charge in [0.2, 0.25) is 0 Å². The molecule has 6 heteroatoms. The maximum Gasteiger partial charge on any atom is 0.296 e. The number of aromatic amines is 1. The first-order valence-corrected chi connectivity index (χ1v) is 7.19. The molecule has 0 unspecified atom stereocenters. The summed E-state index contributed by atoms with van der Waals surface area (Å²) in [5.41, 5.74) is 1.53. The monoisotopic (exact) mass is 324 g/mol. The van der Waals surface area contributed by atoms with Gasteiger partial charge in [-0.3, -0.25) is 14.4 Å². The number of H-pyrrole nitrogens is 1. The fraction of sp³-hybridized carbons (Fsp3) is 0.0556. The average molecular weight is 324 g/mol. The Morgan fingerprint density at radius 2 is 1.75 bits per heavy atom. The third kappa shape index (κ3) is 2.94. The van der Waals surface area contributed by atoms with E-state index in [1.165, 1.54) is 31.3 Å². The number of fused-ring (bicyclic) bond motifs is 1. The minimum Gasteiger partial charge on any atom is -0.360 e. The van der Waals surface area contributed by atoms with Crippen molar-refractivity contribution in [1.29, 1.82) is 0 Å². The van der Waals surface area contributed by atoms with Gasteiger partial charge < -0.3 is 10.3 Å². The molecule has 0 bridgehead atoms. The molecule has 2 aromatic carbocycles. The van der Waals surface area contributed by atoms with Crippen LogP contribution in [-0.4, -0.2) is 22.5 Å². The second-order valence-corrected chi connectivity index (χ2v) is 5.31. The van der Waals surface area contributed by atoms with Crippen molar-refractivity contribution >= 4 is 34.1 Å². The molecule has 3 aromatic rings. The van der Waals surface area contributed by atoms with Crippen molar-refractivity contribution in [3.05, 3.63) is 65.6 Å². The molecule has 0 saturated heterocycles. The zero-order valence-electron chi connectivity index (χ0n) is 12.7. The van der Waals surface area contributed by atoms with Crippen molar-refractivity contribution in [1.82, 2.24) is 4.98 Å². The number of Topliss-reactive ketones (excluding diaryl/α,β-unsaturated/α-hetero) is 2. The Labute approximate surface area is 136 Å². The number of hydrogen-bond acceptors (Lipinski definition) is 3. The molecule has 0 spiro atoms. The van der Waals surface area contributed by atoms with E-state index in [-0.39, 0.29) is 11.3 Å². The first-order chi connectivity index (χ1) is 11.5. The third-order valence-corrected chi connectivity index (χ3v) is 3.64. The van der Waals surface area contributed by atoms with Gasteiger partial charge in [0.15, 0.2) is 5.78 Å². The number of ketones is 2. The van der Waals surface area contributed by atoms with Crippen LogP contribution in [0.5, 0.6) is 0 Å². The molecular formula is C18H13FN2O3. The van der Waals surface area contributed by atoms with E-state index in [0.717, 1.165) is 0 Å². The number of carbonyl (C=O) groups is 3. The largest absolute Gasteiger partial charge is 0.360 e. The highest BCUT2D eigenvalue weighted by molar-refractivity contribution is 6.48. The number of carbonyl (C=O) groups excluding carboxylic acids is 3. The number of hydrogen-bond donors (Lipinski definition) is 2. The Morgan fingerprint density at radius 3 is 2.42 bits per heavy atom. The summed E-state index contributed by atoms with van der Waals surface area (Å²) in [7, 11) is 0. The number of nitrogens with one attached hydrogen (secondary N) is 2. The summed E-state index contributed by atoms with van der Waals surface area (Å²) in [4.78, 5) is 38.4. The maximum atomic E-state index is 13.2. The molecule has 24 heavy (non-hydrogen) atoms. The topological polar surface area (TPSA) is 79.0 Å². The van der Waals surface area contributed by atoms with E-state index in [0.29, 0.717) is 22.2 Å². The van der Waals surface area contributed by atoms with Gasteiger partial charge in [-0.15, -0.1) is 0 Å². The highest BCUT2D eigenvalue weighted by Gasteiger charge is 2.20. The first-order valence-electron chi connectivity index (χ1n) is 7.19. The van der Waals surface area contributed by atoms with Crippen LogP contribution in [0.4, 0.5) is 10.1 Å². The molecule has 0 radical (unpaired) electrons. The van der Waals surface area contributed by atoms with Crippen molar-refractivity contribution < 1.29 is 18.8 Å². The van der Waals surface area contributed by atoms with Crippen LogP contribution in [0.25, 0.3) is 10.9 Å². The molecule has 5 nitrogen and oxygen atoms in total. The SMILES string of the molecule is CC(=O)c1ccc(NC(=O)C(=O)c2c[nH]c3cc(F)ccc23)cc1. The van der Waals surface area contributed by atoms with E-state index in [2.05, 4.69) is 10.3 Å². The highest BCUT2D eigenvalue weighted by Crippen LogP contribution is 2.20. The van der Waals surface area contributed by atoms with Crippen molar-refractivity contribution in [2.75, 3.05) is 5.32 Å². The summed E-state index contributed by atoms with van der Waals surface area (Å²) >= 11 is 0. The average Bonchev–Trinajstić information content (AvgIpc) is 2.97. The summed E-state index contributed by atoms with van der Waals surface area (Å²) in [6.07, 6.45) is 1.38. The van der Waals surface area contributed by atoms with Gasteiger partial charge in [-0.1, -0.05) is 0 Å². The van der Waals surface area contributed by atoms with Crippen LogP contribution >= 0.6 is 0 Å². The zero-order chi connectivity index (χ0) is 17.3. The van der Waals surface area contributed by atoms with Gasteiger partial charge in [-0.2, -0.15) is 0 Å². The molecule has 0 saturated carbocycles. The van der Waals surface area contributed by atoms with Gasteiger partial charge in [-0.25, -0.2) is 4.39 Å². The van der Waals surface area contributed by atoms with Gasteiger partial charge in [0.1, 0.15) is 5.82 Å². The van der Waals surface area contributed by atoms with Gasteiger partial charge >= 0.3 is 0 Å². The Kier molecular flexibility index (Phi) is 3.95. The lowest BCUT2D eigenvalue weighted by atomic mass is 10.1. The summed E-state index contributed by atoms with van der Waals surface area (Å²) in [6.45, 7) is 1.44. The second-order valence-electron chi connectivity index (χ2n) is 5.31. The molecule has 120 valence electrons. The minimum absolute atomic E-state index is 0.0880. The number of amides is 1. The number of rotatable bonds is 4. The number of benzene rings is 2. The Hall–Kier alpha value is -3.28. The van der Waals surface area contributed by atoms with Gasteiger partial charge in [0.25, 0.3) is 11.7 Å². The standard InChI is InChI=1S/C18H13FN2O3/c1-10(22)11-2-5-13(6-3-11)21-18(24)17(23)15-9-20-16-8-12(19)4-7-14(15)16/h2-9,20H,1H3,(H,21,24). The fourth-order valence-electron chi connectivity index (χ4n) is 2.38. The Morgan fingerprint density at radius 1 is 1.04 bits per heavy atom. The van der Waals surface area contributed by atoms with Gasteiger partial charge in [0, 0.05) is 28.4 Å². The summed E-state index contributed by atoms with van der Waals surface area (Å²) < 4.78 is 13.2. The number of halogens is 1. The van der Waals surface area contributed by atoms with E-state index in [1.54, 1.807) is 24.3 Å². The molecule has 0 atom stereocenters. The number of aromatic nitrogens is 1. The lowest BCUT2D eigenvalue weighted by Crippen LogP contribution is -2.22. The van der Waals surface area contributed by atoms with E-state index < -0.39 is 17.5 Å². The van der Waals surface area contributed by atoms with Crippen LogP contribution in [0.15, 0.2) is 48.7 Å². The summed E-state index contributed by atoms with van der Waals surface area (Å²) in [6, 6.07) is 10.2. The van der Waals surface area contributed by atoms with E-state index in [1.807, 2.05) is 0 Å². The minimum atomic E-state index is -0.809. The highest BCUT2D eigenvalue weighted by atomic mass is 19.1. The molecule has 2 N–H and O–H groups in total. The lowest BCUT2D eigenvalue weighted by Gasteiger charge is -2.05. The number of anilines is 1. The van der Waals surface area contributed by atoms with E-state index >= 15 is 0 Å². The molecule has 0 aliphatic carbocycles. The van der Waals surface area contributed by atoms with Crippen LogP contribution in [0, 0.1) is 5.82 Å². The molecule has 0 aliphatic heterocycles. The van der Waals surface area contributed by atoms with Crippen LogP contribution in [0.1, 0.15) is 27.6 Å². The molecule has 1 heterocycles. The molecule has 0 aliphatic rings. The normalized spacial score (nSPS) is 10.6. The van der Waals surface area contributed by atoms with Crippen LogP contribution < -0.4 is 5.32 Å². The van der Waals surface area contributed by atoms with Crippen molar-refractivity contribution in [2.45, 2.75) is 6.92 Å². The molecule has 0 fully saturated rings.